The van der Waals surface area contributed by atoms with Crippen molar-refractivity contribution in [2.75, 3.05) is 9.80 Å². The largest absolute Gasteiger partial charge is 0.310 e. The Bertz CT molecular complexity index is 6750. The maximum absolute atomic E-state index is 2.75. The predicted molar refractivity (Wildman–Crippen MR) is 496 cm³/mol. The quantitative estimate of drug-likeness (QED) is 0.134. The van der Waals surface area contributed by atoms with Crippen LogP contribution in [0, 0.1) is 0 Å². The van der Waals surface area contributed by atoms with E-state index >= 15 is 0 Å². The first-order chi connectivity index (χ1) is 55.2. The van der Waals surface area contributed by atoms with Gasteiger partial charge in [0.05, 0.1) is 39.0 Å². The van der Waals surface area contributed by atoms with E-state index in [9.17, 15) is 0 Å². The molecule has 0 aliphatic carbocycles. The van der Waals surface area contributed by atoms with E-state index in [1.807, 2.05) is 0 Å². The second-order valence-corrected chi connectivity index (χ2v) is 37.8. The summed E-state index contributed by atoms with van der Waals surface area (Å²) in [6.07, 6.45) is 0. The van der Waals surface area contributed by atoms with Gasteiger partial charge >= 0.3 is 0 Å². The lowest BCUT2D eigenvalue weighted by molar-refractivity contribution is 0.590. The maximum atomic E-state index is 2.75. The third-order valence-corrected chi connectivity index (χ3v) is 25.2. The van der Waals surface area contributed by atoms with Crippen LogP contribution < -0.4 is 26.2 Å². The van der Waals surface area contributed by atoms with Gasteiger partial charge in [-0.3, -0.25) is 0 Å². The molecule has 0 saturated heterocycles. The summed E-state index contributed by atoms with van der Waals surface area (Å²) < 4.78 is 5.08. The molecule has 560 valence electrons. The zero-order chi connectivity index (χ0) is 79.1. The van der Waals surface area contributed by atoms with Gasteiger partial charge in [0.2, 0.25) is 0 Å². The van der Waals surface area contributed by atoms with Crippen molar-refractivity contribution < 1.29 is 0 Å². The van der Waals surface area contributed by atoms with Crippen molar-refractivity contribution in [3.05, 3.63) is 343 Å². The van der Waals surface area contributed by atoms with E-state index in [4.69, 9.17) is 0 Å². The lowest BCUT2D eigenvalue weighted by Crippen LogP contribution is -2.61. The van der Waals surface area contributed by atoms with Crippen LogP contribution >= 0.6 is 0 Å². The van der Waals surface area contributed by atoms with Gasteiger partial charge in [0.15, 0.2) is 0 Å². The molecule has 0 bridgehead atoms. The summed E-state index contributed by atoms with van der Waals surface area (Å²) in [6, 6.07) is 122. The second kappa shape index (κ2) is 26.1. The molecule has 2 aliphatic heterocycles. The highest BCUT2D eigenvalue weighted by atomic mass is 15.2. The van der Waals surface area contributed by atoms with E-state index in [2.05, 4.69) is 438 Å². The van der Waals surface area contributed by atoms with E-state index in [1.165, 1.54) is 121 Å². The van der Waals surface area contributed by atoms with Crippen LogP contribution in [0.25, 0.3) is 132 Å². The number of nitrogens with zero attached hydrogens (tertiary/aromatic N) is 4. The molecule has 5 heteroatoms. The zero-order valence-electron chi connectivity index (χ0n) is 68.9. The lowest BCUT2D eigenvalue weighted by Gasteiger charge is -2.46. The van der Waals surface area contributed by atoms with Gasteiger partial charge in [0.25, 0.3) is 6.71 Å². The third kappa shape index (κ3) is 11.7. The summed E-state index contributed by atoms with van der Waals surface area (Å²) in [5.41, 5.74) is 37.3. The number of para-hydroxylation sites is 2. The standard InChI is InChI=1S/C110H97BN4/c1-106(2,3)76-47-43-68(44-48-76)75-59-100-102-101(60-75)115(105-87(71-35-24-18-25-36-71)65-80(110(13,14)15)66-88(105)72-37-26-19-27-38-72)99-67-81(112-95-55-49-77(107(4,5)6)61-90(95)91-62-78(108(7,8)9)50-56-96(91)112)51-53-93(99)111(102)92-52-45-74(73-46-54-97-89(57-73)84-41-30-40-83-82-39-28-29-42-94(82)113(97)103(83)84)58-98(92)114(100)104-85(69-31-20-16-21-32-69)63-79(109(10,11)12)64-86(104)70-33-22-17-23-34-70/h16-67H,1-15H3. The van der Waals surface area contributed by atoms with Crippen LogP contribution in [0.4, 0.5) is 34.1 Å². The molecule has 0 saturated carbocycles. The van der Waals surface area contributed by atoms with Gasteiger partial charge in [0.1, 0.15) is 0 Å². The Morgan fingerprint density at radius 1 is 0.226 bits per heavy atom. The minimum absolute atomic E-state index is 0.0697. The van der Waals surface area contributed by atoms with Crippen LogP contribution in [0.3, 0.4) is 0 Å². The first-order valence-electron chi connectivity index (χ1n) is 41.2. The second-order valence-electron chi connectivity index (χ2n) is 37.8. The first-order valence-corrected chi connectivity index (χ1v) is 41.2. The van der Waals surface area contributed by atoms with E-state index in [0.717, 1.165) is 89.9 Å². The van der Waals surface area contributed by atoms with Crippen LogP contribution in [0.2, 0.25) is 0 Å². The number of rotatable bonds is 9. The summed E-state index contributed by atoms with van der Waals surface area (Å²) in [6.45, 7) is 34.9. The molecule has 2 aliphatic rings. The Balaban J connectivity index is 0.963. The summed E-state index contributed by atoms with van der Waals surface area (Å²) in [4.78, 5) is 5.50. The fourth-order valence-electron chi connectivity index (χ4n) is 18.9. The molecule has 0 N–H and O–H groups in total. The molecule has 3 aromatic heterocycles. The van der Waals surface area contributed by atoms with Crippen molar-refractivity contribution in [1.82, 2.24) is 8.97 Å². The van der Waals surface area contributed by atoms with Crippen LogP contribution in [0.15, 0.2) is 315 Å². The highest BCUT2D eigenvalue weighted by Gasteiger charge is 2.47. The Morgan fingerprint density at radius 2 is 0.583 bits per heavy atom. The number of fused-ring (bicyclic) bond motifs is 13. The monoisotopic (exact) mass is 1480 g/mol. The van der Waals surface area contributed by atoms with Crippen molar-refractivity contribution >= 4 is 117 Å². The molecular weight excluding hydrogens is 1390 g/mol. The van der Waals surface area contributed by atoms with Crippen molar-refractivity contribution in [3.63, 3.8) is 0 Å². The molecule has 0 unspecified atom stereocenters. The topological polar surface area (TPSA) is 15.8 Å². The van der Waals surface area contributed by atoms with Crippen molar-refractivity contribution in [3.8, 4) is 72.4 Å². The zero-order valence-corrected chi connectivity index (χ0v) is 68.9. The minimum atomic E-state index is -0.273. The molecule has 4 nitrogen and oxygen atoms in total. The van der Waals surface area contributed by atoms with Crippen LogP contribution in [-0.4, -0.2) is 15.7 Å². The number of hydrogen-bond donors (Lipinski definition) is 0. The highest BCUT2D eigenvalue weighted by Crippen LogP contribution is 2.57. The van der Waals surface area contributed by atoms with Gasteiger partial charge < -0.3 is 18.8 Å². The summed E-state index contributed by atoms with van der Waals surface area (Å²) in [5, 5.41) is 7.60. The smallest absolute Gasteiger partial charge is 0.252 e. The highest BCUT2D eigenvalue weighted by molar-refractivity contribution is 7.00. The molecule has 15 aromatic carbocycles. The van der Waals surface area contributed by atoms with Gasteiger partial charge in [-0.05, 0) is 213 Å². The van der Waals surface area contributed by atoms with Crippen molar-refractivity contribution in [2.45, 2.75) is 131 Å². The van der Waals surface area contributed by atoms with Crippen LogP contribution in [0.5, 0.6) is 0 Å². The molecule has 0 atom stereocenters. The average Bonchev–Trinajstić information content (AvgIpc) is 1.54. The predicted octanol–water partition coefficient (Wildman–Crippen LogP) is 28.5. The fourth-order valence-corrected chi connectivity index (χ4v) is 18.9. The van der Waals surface area contributed by atoms with Gasteiger partial charge in [-0.2, -0.15) is 0 Å². The molecule has 20 rings (SSSR count). The molecule has 115 heavy (non-hydrogen) atoms. The normalized spacial score (nSPS) is 13.3. The number of hydrogen-bond acceptors (Lipinski definition) is 2. The molecule has 0 amide bonds. The average molecular weight is 1490 g/mol. The maximum Gasteiger partial charge on any atom is 0.252 e. The van der Waals surface area contributed by atoms with Gasteiger partial charge in [-0.15, -0.1) is 0 Å². The summed E-state index contributed by atoms with van der Waals surface area (Å²) >= 11 is 0. The lowest BCUT2D eigenvalue weighted by atomic mass is 9.33. The Morgan fingerprint density at radius 3 is 1.05 bits per heavy atom. The number of benzene rings is 15. The van der Waals surface area contributed by atoms with Gasteiger partial charge in [-0.25, -0.2) is 0 Å². The Labute approximate surface area is 678 Å². The van der Waals surface area contributed by atoms with E-state index in [1.54, 1.807) is 0 Å². The fraction of sp³-hybridized carbons (Fsp3) is 0.182. The SMILES string of the molecule is CC(C)(C)c1ccc(-c2cc3c4c(c2)N(c2c(-c5ccccc5)cc(C(C)(C)C)cc2-c2ccccc2)c2cc(-n5c6ccc(C(C)(C)C)cc6c6cc(C(C)(C)C)ccc65)ccc2B4c2ccc(-c4ccc5c(c4)c4cccc6c7ccccc7n5c64)cc2N3c2c(-c3ccccc3)cc(C(C)(C)C)cc2-c2ccccc2)cc1. The van der Waals surface area contributed by atoms with E-state index in [-0.39, 0.29) is 33.8 Å². The van der Waals surface area contributed by atoms with Gasteiger partial charge in [-0.1, -0.05) is 322 Å². The summed E-state index contributed by atoms with van der Waals surface area (Å²) in [5.74, 6) is 0. The number of aromatic nitrogens is 2. The van der Waals surface area contributed by atoms with E-state index in [0.29, 0.717) is 0 Å². The van der Waals surface area contributed by atoms with Crippen molar-refractivity contribution in [1.29, 1.82) is 0 Å². The Hall–Kier alpha value is -12.4. The molecule has 0 radical (unpaired) electrons. The number of anilines is 6. The molecule has 0 fully saturated rings. The van der Waals surface area contributed by atoms with Gasteiger partial charge in [0, 0.05) is 83.0 Å². The molecular formula is C110H97BN4. The molecule has 0 spiro atoms. The molecule has 18 aromatic rings. The van der Waals surface area contributed by atoms with Crippen LogP contribution in [-0.2, 0) is 27.1 Å². The first kappa shape index (κ1) is 71.6. The van der Waals surface area contributed by atoms with E-state index < -0.39 is 0 Å². The summed E-state index contributed by atoms with van der Waals surface area (Å²) in [7, 11) is 0. The van der Waals surface area contributed by atoms with Crippen LogP contribution in [0.1, 0.15) is 132 Å². The van der Waals surface area contributed by atoms with Crippen molar-refractivity contribution in [2.24, 2.45) is 0 Å². The third-order valence-electron chi connectivity index (χ3n) is 25.2. The molecule has 5 heterocycles. The minimum Gasteiger partial charge on any atom is -0.310 e. The Kier molecular flexibility index (Phi) is 16.2.